The van der Waals surface area contributed by atoms with E-state index in [0.717, 1.165) is 132 Å². The first-order valence-corrected chi connectivity index (χ1v) is 31.4. The minimum absolute atomic E-state index is 0. The fourth-order valence-electron chi connectivity index (χ4n) is 8.37. The van der Waals surface area contributed by atoms with E-state index < -0.39 is 0 Å². The van der Waals surface area contributed by atoms with Gasteiger partial charge in [0.1, 0.15) is 34.0 Å². The molecule has 0 aliphatic carbocycles. The number of H-pyrrole nitrogens is 1. The summed E-state index contributed by atoms with van der Waals surface area (Å²) in [5.74, 6) is -0.810. The maximum absolute atomic E-state index is 12.9. The van der Waals surface area contributed by atoms with E-state index in [9.17, 15) is 22.8 Å². The minimum Gasteiger partial charge on any atom is -1.00 e. The number of aromatic amines is 1. The van der Waals surface area contributed by atoms with Gasteiger partial charge in [0.05, 0.1) is 92.2 Å². The van der Waals surface area contributed by atoms with Crippen molar-refractivity contribution in [3.63, 3.8) is 0 Å². The van der Waals surface area contributed by atoms with Gasteiger partial charge in [-0.25, -0.2) is 37.5 Å². The summed E-state index contributed by atoms with van der Waals surface area (Å²) in [4.78, 5) is 54.3. The number of aliphatic hydroxyl groups excluding tert-OH is 2. The van der Waals surface area contributed by atoms with Crippen LogP contribution in [0.25, 0.3) is 44.5 Å². The van der Waals surface area contributed by atoms with Crippen molar-refractivity contribution < 1.29 is 152 Å². The van der Waals surface area contributed by atoms with Gasteiger partial charge < -0.3 is 38.2 Å². The van der Waals surface area contributed by atoms with Crippen molar-refractivity contribution in [1.82, 2.24) is 64.5 Å². The van der Waals surface area contributed by atoms with Gasteiger partial charge >= 0.3 is 103 Å². The number of nitrogen functional groups attached to an aromatic ring is 1. The first-order valence-electron chi connectivity index (χ1n) is 29.3. The smallest absolute Gasteiger partial charge is 1.00 e. The van der Waals surface area contributed by atoms with Gasteiger partial charge in [0.15, 0.2) is 0 Å². The maximum Gasteiger partial charge on any atom is 1.00 e. The number of aryl methyl sites for hydroxylation is 7. The van der Waals surface area contributed by atoms with E-state index >= 15 is 0 Å². The number of aliphatic hydroxyl groups is 2. The third-order valence-electron chi connectivity index (χ3n) is 12.7. The number of nitrogens with two attached hydrogens (primary N) is 1. The molecule has 0 bridgehead atoms. The Balaban J connectivity index is 0.00000112. The molecule has 1 unspecified atom stereocenters. The van der Waals surface area contributed by atoms with Crippen LogP contribution in [0.2, 0.25) is 0 Å². The van der Waals surface area contributed by atoms with E-state index in [1.54, 1.807) is 59.7 Å². The molecule has 10 heterocycles. The Hall–Kier alpha value is -6.51. The number of carbonyl (C=O) groups excluding carboxylic acids is 3. The summed E-state index contributed by atoms with van der Waals surface area (Å²) >= 11 is 11.7. The molecule has 0 radical (unpaired) electrons. The summed E-state index contributed by atoms with van der Waals surface area (Å²) in [6.45, 7) is 18.4. The average Bonchev–Trinajstić information content (AvgIpc) is 1.66. The number of anilines is 3. The Bertz CT molecular complexity index is 4330. The SMILES string of the molecule is CC(=O)Nc1ccc(C)nc1C.CC(=O)n1ncc2nc(C)ccc21.CC1CCc2c(cnn2-c2ccc(F)cc2)N1.CO.CO.Cc1ccc(N)c(C)n1.Cc1ccc2[nH]ncc2n1.Cc1ccc2c(cnn2-c2ccc(F)cc2)n1.ClCCl.Fc1ccc(I)cc1.O=CO[O-].[H-].[K+].[K+]. The van der Waals surface area contributed by atoms with Crippen molar-refractivity contribution in [2.75, 3.05) is 35.9 Å². The van der Waals surface area contributed by atoms with Crippen molar-refractivity contribution in [2.24, 2.45) is 0 Å². The molecule has 0 fully saturated rings. The molecular weight excluding hydrogens is 1490 g/mol. The molecule has 1 amide bonds. The van der Waals surface area contributed by atoms with Crippen LogP contribution in [0.3, 0.4) is 0 Å². The topological polar surface area (TPSA) is 321 Å². The van der Waals surface area contributed by atoms with Crippen LogP contribution in [0, 0.1) is 69.5 Å². The van der Waals surface area contributed by atoms with Crippen LogP contribution in [0.15, 0.2) is 158 Å². The minimum atomic E-state index is -0.251. The number of rotatable bonds is 4. The molecule has 9 aromatic heterocycles. The molecule has 3 aromatic carbocycles. The predicted molar refractivity (Wildman–Crippen MR) is 382 cm³/mol. The second-order valence-electron chi connectivity index (χ2n) is 20.2. The summed E-state index contributed by atoms with van der Waals surface area (Å²) < 4.78 is 43.9. The van der Waals surface area contributed by atoms with Crippen molar-refractivity contribution in [1.29, 1.82) is 0 Å². The van der Waals surface area contributed by atoms with Crippen LogP contribution in [0.1, 0.15) is 79.0 Å². The molecule has 0 saturated carbocycles. The van der Waals surface area contributed by atoms with E-state index in [2.05, 4.69) is 95.4 Å². The van der Waals surface area contributed by atoms with Gasteiger partial charge in [0.25, 0.3) is 6.47 Å². The third-order valence-corrected chi connectivity index (χ3v) is 13.5. The van der Waals surface area contributed by atoms with Crippen LogP contribution in [-0.2, 0) is 20.9 Å². The quantitative estimate of drug-likeness (QED) is 0.0262. The van der Waals surface area contributed by atoms with E-state index in [1.165, 1.54) is 60.6 Å². The largest absolute Gasteiger partial charge is 1.00 e. The van der Waals surface area contributed by atoms with Crippen molar-refractivity contribution in [3.8, 4) is 11.4 Å². The second-order valence-corrected chi connectivity index (χ2v) is 22.2. The van der Waals surface area contributed by atoms with Crippen LogP contribution in [0.4, 0.5) is 30.2 Å². The number of halogens is 6. The zero-order chi connectivity index (χ0) is 72.1. The summed E-state index contributed by atoms with van der Waals surface area (Å²) in [7, 11) is 2.00. The Morgan fingerprint density at radius 2 is 1.07 bits per heavy atom. The molecule has 99 heavy (non-hydrogen) atoms. The number of pyridine rings is 5. The molecule has 0 spiro atoms. The number of amides is 1. The van der Waals surface area contributed by atoms with Gasteiger partial charge in [-0.2, -0.15) is 25.1 Å². The summed E-state index contributed by atoms with van der Waals surface area (Å²) in [6, 6.07) is 38.6. The van der Waals surface area contributed by atoms with Crippen LogP contribution >= 0.6 is 45.8 Å². The number of nitrogens with one attached hydrogen (secondary N) is 3. The Morgan fingerprint density at radius 3 is 1.56 bits per heavy atom. The third kappa shape index (κ3) is 31.9. The van der Waals surface area contributed by atoms with Crippen molar-refractivity contribution in [3.05, 3.63) is 225 Å². The summed E-state index contributed by atoms with van der Waals surface area (Å²) in [5, 5.41) is 48.0. The number of hydrogen-bond donors (Lipinski definition) is 6. The number of nitrogens with zero attached hydrogens (tertiary/aromatic N) is 12. The van der Waals surface area contributed by atoms with Gasteiger partial charge in [-0.15, -0.1) is 23.2 Å². The zero-order valence-electron chi connectivity index (χ0n) is 58.4. The second kappa shape index (κ2) is 49.1. The average molecular weight is 1560 g/mol. The molecule has 1 atom stereocenters. The maximum atomic E-state index is 12.9. The number of benzene rings is 3. The van der Waals surface area contributed by atoms with Crippen LogP contribution in [0.5, 0.6) is 0 Å². The molecule has 12 aromatic rings. The number of carbonyl (C=O) groups is 3. The normalized spacial score (nSPS) is 10.8. The predicted octanol–water partition coefficient (Wildman–Crippen LogP) is 6.85. The van der Waals surface area contributed by atoms with Gasteiger partial charge in [-0.05, 0) is 224 Å². The van der Waals surface area contributed by atoms with Gasteiger partial charge in [-0.3, -0.25) is 29.5 Å². The fourth-order valence-corrected chi connectivity index (χ4v) is 8.73. The first-order chi connectivity index (χ1) is 46.4. The number of fused-ring (bicyclic) bond motifs is 4. The van der Waals surface area contributed by atoms with Crippen molar-refractivity contribution >= 4 is 114 Å². The number of alkyl halides is 2. The molecular formula is C68H78Cl2F3IK2N16O7. The standard InChI is InChI=1S/C13H14FN3.C13H10FN3.C9H9N3O.C9H12N2O.C7H7N3.C7H10N2.C6H4FI.CH2Cl2.CH2O3.2CH4O.2K.H/c2*1-9-2-7-13-12(16-9)8-15-17(13)11-5-3-10(14)4-6-11;1-6-3-4-9-8(11-6)5-10-12(9)7(2)13;1-6-4-5-9(7(2)10-6)11-8(3)12;1-5-2-3-6-7(9-5)4-8-10-6;1-5-3-4-7(8)6(2)9-5;7-5-1-3-6(8)4-2-5;2-1-3;2-1-4-3;2*1-2;;;/h3-6,8-9,16H,2,7H2,1H3;2-8H,1H3;3-5H,1-2H3;4-5H,1-3H3,(H,11,12);2-4H,1H3,(H,8,10);3-4H,8H2,1-2H3;1-4H;1H2;1,3H;2*2H,1H3;;;/q;;;;;;;;;;;2*+1;-1/p-1. The zero-order valence-corrected chi connectivity index (χ0v) is 67.4. The van der Waals surface area contributed by atoms with Gasteiger partial charge in [0, 0.05) is 66.1 Å². The Labute approximate surface area is 682 Å². The van der Waals surface area contributed by atoms with E-state index in [1.807, 2.05) is 120 Å². The molecule has 7 N–H and O–H groups in total. The first kappa shape index (κ1) is 90.5. The van der Waals surface area contributed by atoms with Crippen molar-refractivity contribution in [2.45, 2.75) is 88.1 Å². The van der Waals surface area contributed by atoms with Crippen LogP contribution in [-0.4, -0.2) is 119 Å². The van der Waals surface area contributed by atoms with E-state index in [4.69, 9.17) is 49.2 Å². The van der Waals surface area contributed by atoms with Gasteiger partial charge in [-0.1, -0.05) is 0 Å². The molecule has 31 heteroatoms. The van der Waals surface area contributed by atoms with Gasteiger partial charge in [0.2, 0.25) is 11.8 Å². The fraction of sp³-hybridized carbons (Fsp3) is 0.235. The summed E-state index contributed by atoms with van der Waals surface area (Å²) in [5.41, 5.74) is 22.9. The number of hydrogen-bond acceptors (Lipinski definition) is 18. The number of aromatic nitrogens is 13. The molecule has 1 aliphatic rings. The Kier molecular flexibility index (Phi) is 44.9. The molecule has 1 aliphatic heterocycles. The summed E-state index contributed by atoms with van der Waals surface area (Å²) in [6.07, 6.45) is 8.98. The Morgan fingerprint density at radius 1 is 0.636 bits per heavy atom. The molecule has 0 saturated heterocycles. The van der Waals surface area contributed by atoms with E-state index in [-0.39, 0.29) is 145 Å². The monoisotopic (exact) mass is 1560 g/mol. The molecule has 516 valence electrons. The van der Waals surface area contributed by atoms with Crippen LogP contribution < -0.4 is 124 Å². The van der Waals surface area contributed by atoms with E-state index in [0.29, 0.717) is 6.04 Å². The molecule has 13 rings (SSSR count). The molecule has 23 nitrogen and oxygen atoms in total.